The normalized spacial score (nSPS) is 12.5. The van der Waals surface area contributed by atoms with Gasteiger partial charge >= 0.3 is 0 Å². The molecule has 1 heteroatoms. The SMILES string of the molecule is CCC=C(C)CC(CN=C(C)c1ccc(C)cc1)=C(C)C. The second-order valence-corrected chi connectivity index (χ2v) is 6.01. The van der Waals surface area contributed by atoms with Gasteiger partial charge in [-0.15, -0.1) is 0 Å². The standard InChI is InChI=1S/C20H29N/c1-7-8-17(5)13-20(15(2)3)14-21-18(6)19-11-9-16(4)10-12-19/h8-12H,7,13-14H2,1-6H3. The highest BCUT2D eigenvalue weighted by Crippen LogP contribution is 2.16. The van der Waals surface area contributed by atoms with Crippen molar-refractivity contribution in [1.82, 2.24) is 0 Å². The maximum Gasteiger partial charge on any atom is 0.0608 e. The van der Waals surface area contributed by atoms with E-state index in [1.54, 1.807) is 0 Å². The van der Waals surface area contributed by atoms with E-state index in [1.165, 1.54) is 27.8 Å². The molecule has 0 fully saturated rings. The summed E-state index contributed by atoms with van der Waals surface area (Å²) in [6, 6.07) is 8.59. The summed E-state index contributed by atoms with van der Waals surface area (Å²) in [6.07, 6.45) is 4.45. The Labute approximate surface area is 130 Å². The van der Waals surface area contributed by atoms with E-state index < -0.39 is 0 Å². The van der Waals surface area contributed by atoms with Crippen LogP contribution in [-0.2, 0) is 0 Å². The lowest BCUT2D eigenvalue weighted by Gasteiger charge is -2.09. The van der Waals surface area contributed by atoms with Gasteiger partial charge in [0, 0.05) is 5.71 Å². The van der Waals surface area contributed by atoms with Crippen LogP contribution in [0.15, 0.2) is 52.1 Å². The molecule has 0 radical (unpaired) electrons. The van der Waals surface area contributed by atoms with Gasteiger partial charge in [0.25, 0.3) is 0 Å². The third-order valence-corrected chi connectivity index (χ3v) is 3.73. The zero-order chi connectivity index (χ0) is 15.8. The molecule has 1 rings (SSSR count). The van der Waals surface area contributed by atoms with Gasteiger partial charge in [0.1, 0.15) is 0 Å². The molecule has 0 aliphatic carbocycles. The number of benzene rings is 1. The number of aliphatic imine (C=N–C) groups is 1. The summed E-state index contributed by atoms with van der Waals surface area (Å²) in [5, 5.41) is 0. The van der Waals surface area contributed by atoms with Gasteiger partial charge in [0.05, 0.1) is 6.54 Å². The van der Waals surface area contributed by atoms with Crippen LogP contribution in [-0.4, -0.2) is 12.3 Å². The Morgan fingerprint density at radius 3 is 2.19 bits per heavy atom. The van der Waals surface area contributed by atoms with Crippen LogP contribution in [0.1, 0.15) is 58.6 Å². The number of hydrogen-bond acceptors (Lipinski definition) is 1. The predicted octanol–water partition coefficient (Wildman–Crippen LogP) is 5.89. The smallest absolute Gasteiger partial charge is 0.0608 e. The van der Waals surface area contributed by atoms with Crippen LogP contribution in [0.25, 0.3) is 0 Å². The molecule has 0 saturated carbocycles. The third-order valence-electron chi connectivity index (χ3n) is 3.73. The first-order chi connectivity index (χ1) is 9.93. The van der Waals surface area contributed by atoms with E-state index in [-0.39, 0.29) is 0 Å². The fourth-order valence-corrected chi connectivity index (χ4v) is 2.25. The molecule has 21 heavy (non-hydrogen) atoms. The molecule has 1 nitrogen and oxygen atoms in total. The lowest BCUT2D eigenvalue weighted by atomic mass is 10.0. The van der Waals surface area contributed by atoms with Crippen LogP contribution >= 0.6 is 0 Å². The van der Waals surface area contributed by atoms with Crippen molar-refractivity contribution < 1.29 is 0 Å². The molecule has 0 atom stereocenters. The van der Waals surface area contributed by atoms with Crippen molar-refractivity contribution in [2.75, 3.05) is 6.54 Å². The molecule has 0 spiro atoms. The molecule has 1 aromatic rings. The molecule has 114 valence electrons. The molecule has 0 bridgehead atoms. The minimum Gasteiger partial charge on any atom is -0.285 e. The first kappa shape index (κ1) is 17.4. The maximum absolute atomic E-state index is 4.79. The van der Waals surface area contributed by atoms with Gasteiger partial charge in [-0.25, -0.2) is 0 Å². The highest BCUT2D eigenvalue weighted by atomic mass is 14.7. The average Bonchev–Trinajstić information content (AvgIpc) is 2.43. The van der Waals surface area contributed by atoms with Crippen molar-refractivity contribution in [3.8, 4) is 0 Å². The van der Waals surface area contributed by atoms with Gasteiger partial charge in [-0.3, -0.25) is 4.99 Å². The van der Waals surface area contributed by atoms with E-state index in [9.17, 15) is 0 Å². The topological polar surface area (TPSA) is 12.4 Å². The molecule has 0 unspecified atom stereocenters. The average molecular weight is 283 g/mol. The van der Waals surface area contributed by atoms with Crippen molar-refractivity contribution in [2.24, 2.45) is 4.99 Å². The maximum atomic E-state index is 4.79. The summed E-state index contributed by atoms with van der Waals surface area (Å²) < 4.78 is 0. The molecule has 0 N–H and O–H groups in total. The highest BCUT2D eigenvalue weighted by Gasteiger charge is 2.02. The molecule has 0 amide bonds. The van der Waals surface area contributed by atoms with Crippen LogP contribution in [0.3, 0.4) is 0 Å². The minimum absolute atomic E-state index is 0.803. The number of hydrogen-bond donors (Lipinski definition) is 0. The van der Waals surface area contributed by atoms with Gasteiger partial charge in [0.2, 0.25) is 0 Å². The number of rotatable bonds is 6. The largest absolute Gasteiger partial charge is 0.285 e. The van der Waals surface area contributed by atoms with Crippen LogP contribution < -0.4 is 0 Å². The van der Waals surface area contributed by atoms with Gasteiger partial charge in [-0.1, -0.05) is 54.0 Å². The molecule has 0 aromatic heterocycles. The summed E-state index contributed by atoms with van der Waals surface area (Å²) in [6.45, 7) is 13.8. The lowest BCUT2D eigenvalue weighted by molar-refractivity contribution is 0.973. The Hall–Kier alpha value is -1.63. The Morgan fingerprint density at radius 1 is 1.05 bits per heavy atom. The van der Waals surface area contributed by atoms with Crippen molar-refractivity contribution in [2.45, 2.75) is 54.4 Å². The Morgan fingerprint density at radius 2 is 1.67 bits per heavy atom. The predicted molar refractivity (Wildman–Crippen MR) is 95.3 cm³/mol. The van der Waals surface area contributed by atoms with E-state index in [1.807, 2.05) is 0 Å². The molecule has 1 aromatic carbocycles. The van der Waals surface area contributed by atoms with E-state index in [4.69, 9.17) is 4.99 Å². The second-order valence-electron chi connectivity index (χ2n) is 6.01. The van der Waals surface area contributed by atoms with Crippen LogP contribution in [0.4, 0.5) is 0 Å². The molecule has 0 saturated heterocycles. The summed E-state index contributed by atoms with van der Waals surface area (Å²) >= 11 is 0. The summed E-state index contributed by atoms with van der Waals surface area (Å²) in [4.78, 5) is 4.79. The summed E-state index contributed by atoms with van der Waals surface area (Å²) in [5.41, 5.74) is 7.89. The zero-order valence-corrected chi connectivity index (χ0v) is 14.5. The second kappa shape index (κ2) is 8.61. The molecule has 0 heterocycles. The Balaban J connectivity index is 2.81. The van der Waals surface area contributed by atoms with Crippen molar-refractivity contribution in [3.05, 3.63) is 58.2 Å². The van der Waals surface area contributed by atoms with E-state index in [0.717, 1.165) is 25.1 Å². The fourth-order valence-electron chi connectivity index (χ4n) is 2.25. The molecule has 0 aliphatic heterocycles. The van der Waals surface area contributed by atoms with E-state index in [2.05, 4.69) is 71.9 Å². The zero-order valence-electron chi connectivity index (χ0n) is 14.5. The quantitative estimate of drug-likeness (QED) is 0.456. The van der Waals surface area contributed by atoms with Gasteiger partial charge in [-0.05, 0) is 58.6 Å². The van der Waals surface area contributed by atoms with E-state index >= 15 is 0 Å². The van der Waals surface area contributed by atoms with Gasteiger partial charge in [0.15, 0.2) is 0 Å². The molecular weight excluding hydrogens is 254 g/mol. The highest BCUT2D eigenvalue weighted by molar-refractivity contribution is 5.98. The first-order valence-corrected chi connectivity index (χ1v) is 7.83. The fraction of sp³-hybridized carbons (Fsp3) is 0.450. The lowest BCUT2D eigenvalue weighted by Crippen LogP contribution is -2.00. The van der Waals surface area contributed by atoms with E-state index in [0.29, 0.717) is 0 Å². The van der Waals surface area contributed by atoms with Crippen molar-refractivity contribution >= 4 is 5.71 Å². The number of aryl methyl sites for hydroxylation is 1. The summed E-state index contributed by atoms with van der Waals surface area (Å²) in [5.74, 6) is 0. The number of nitrogens with zero attached hydrogens (tertiary/aromatic N) is 1. The van der Waals surface area contributed by atoms with Crippen LogP contribution in [0.2, 0.25) is 0 Å². The third kappa shape index (κ3) is 6.12. The monoisotopic (exact) mass is 283 g/mol. The Kier molecular flexibility index (Phi) is 7.14. The van der Waals surface area contributed by atoms with Crippen molar-refractivity contribution in [3.63, 3.8) is 0 Å². The van der Waals surface area contributed by atoms with Gasteiger partial charge in [-0.2, -0.15) is 0 Å². The van der Waals surface area contributed by atoms with Crippen molar-refractivity contribution in [1.29, 1.82) is 0 Å². The molecule has 0 aliphatic rings. The Bertz CT molecular complexity index is 538. The van der Waals surface area contributed by atoms with Gasteiger partial charge < -0.3 is 0 Å². The van der Waals surface area contributed by atoms with Crippen LogP contribution in [0.5, 0.6) is 0 Å². The summed E-state index contributed by atoms with van der Waals surface area (Å²) in [7, 11) is 0. The van der Waals surface area contributed by atoms with Crippen LogP contribution in [0, 0.1) is 6.92 Å². The number of allylic oxidation sites excluding steroid dienone is 3. The minimum atomic E-state index is 0.803. The first-order valence-electron chi connectivity index (χ1n) is 7.83. The molecular formula is C20H29N.